The van der Waals surface area contributed by atoms with Crippen LogP contribution in [0.1, 0.15) is 56.6 Å². The largest absolute Gasteiger partial charge is 0.481 e. The Kier molecular flexibility index (Phi) is 7.73. The van der Waals surface area contributed by atoms with Crippen molar-refractivity contribution in [3.63, 3.8) is 0 Å². The molecule has 186 valence electrons. The molecule has 1 saturated carbocycles. The summed E-state index contributed by atoms with van der Waals surface area (Å²) in [6, 6.07) is 15.9. The third kappa shape index (κ3) is 6.21. The minimum Gasteiger partial charge on any atom is -0.481 e. The first kappa shape index (κ1) is 24.8. The van der Waals surface area contributed by atoms with E-state index in [1.165, 1.54) is 0 Å². The van der Waals surface area contributed by atoms with Gasteiger partial charge in [0.05, 0.1) is 5.92 Å². The van der Waals surface area contributed by atoms with Crippen molar-refractivity contribution in [3.05, 3.63) is 59.7 Å². The van der Waals surface area contributed by atoms with Gasteiger partial charge in [-0.25, -0.2) is 4.79 Å². The van der Waals surface area contributed by atoms with E-state index in [-0.39, 0.29) is 37.3 Å². The lowest BCUT2D eigenvalue weighted by Gasteiger charge is -2.23. The topological polar surface area (TPSA) is 105 Å². The summed E-state index contributed by atoms with van der Waals surface area (Å²) in [5.41, 5.74) is 4.60. The van der Waals surface area contributed by atoms with Crippen LogP contribution in [-0.2, 0) is 14.3 Å². The Morgan fingerprint density at radius 2 is 1.60 bits per heavy atom. The molecular formula is C28H34N2O5. The second kappa shape index (κ2) is 10.9. The summed E-state index contributed by atoms with van der Waals surface area (Å²) >= 11 is 0. The summed E-state index contributed by atoms with van der Waals surface area (Å²) in [6.07, 6.45) is 2.24. The SMILES string of the molecule is CC(C)[C@@H](CC(=O)NCC(CC1CC1)C(=O)O)NC(=O)OCC1c2ccccc2-c2ccccc21. The maximum absolute atomic E-state index is 12.7. The molecule has 2 atom stereocenters. The van der Waals surface area contributed by atoms with Crippen molar-refractivity contribution < 1.29 is 24.2 Å². The van der Waals surface area contributed by atoms with Crippen LogP contribution in [0.4, 0.5) is 4.79 Å². The average molecular weight is 479 g/mol. The van der Waals surface area contributed by atoms with E-state index >= 15 is 0 Å². The van der Waals surface area contributed by atoms with E-state index in [1.807, 2.05) is 38.1 Å². The van der Waals surface area contributed by atoms with Crippen LogP contribution in [0.2, 0.25) is 0 Å². The number of fused-ring (bicyclic) bond motifs is 3. The minimum atomic E-state index is -0.880. The van der Waals surface area contributed by atoms with Crippen LogP contribution < -0.4 is 10.6 Å². The first-order valence-corrected chi connectivity index (χ1v) is 12.4. The van der Waals surface area contributed by atoms with Gasteiger partial charge in [0.1, 0.15) is 6.61 Å². The fourth-order valence-electron chi connectivity index (χ4n) is 4.78. The molecule has 0 heterocycles. The smallest absolute Gasteiger partial charge is 0.407 e. The number of benzene rings is 2. The highest BCUT2D eigenvalue weighted by atomic mass is 16.5. The maximum atomic E-state index is 12.7. The quantitative estimate of drug-likeness (QED) is 0.439. The van der Waals surface area contributed by atoms with E-state index in [1.54, 1.807) is 0 Å². The van der Waals surface area contributed by atoms with Gasteiger partial charge in [0.25, 0.3) is 0 Å². The number of carbonyl (C=O) groups excluding carboxylic acids is 2. The van der Waals surface area contributed by atoms with Crippen LogP contribution in [0.15, 0.2) is 48.5 Å². The van der Waals surface area contributed by atoms with Gasteiger partial charge in [-0.05, 0) is 40.5 Å². The van der Waals surface area contributed by atoms with Gasteiger partial charge in [-0.2, -0.15) is 0 Å². The van der Waals surface area contributed by atoms with Crippen molar-refractivity contribution in [1.29, 1.82) is 0 Å². The Hall–Kier alpha value is -3.35. The van der Waals surface area contributed by atoms with Gasteiger partial charge in [-0.3, -0.25) is 9.59 Å². The van der Waals surface area contributed by atoms with Crippen molar-refractivity contribution in [2.75, 3.05) is 13.2 Å². The van der Waals surface area contributed by atoms with Gasteiger partial charge in [0.2, 0.25) is 5.91 Å². The number of carboxylic acid groups (broad SMARTS) is 1. The van der Waals surface area contributed by atoms with Crippen LogP contribution in [-0.4, -0.2) is 42.3 Å². The minimum absolute atomic E-state index is 0.00275. The third-order valence-corrected chi connectivity index (χ3v) is 7.07. The molecule has 7 heteroatoms. The van der Waals surface area contributed by atoms with Crippen LogP contribution in [0.3, 0.4) is 0 Å². The number of carbonyl (C=O) groups is 3. The summed E-state index contributed by atoms with van der Waals surface area (Å²) in [5.74, 6) is -1.29. The van der Waals surface area contributed by atoms with E-state index in [0.29, 0.717) is 12.3 Å². The molecule has 0 aliphatic heterocycles. The lowest BCUT2D eigenvalue weighted by atomic mass is 9.98. The predicted octanol–water partition coefficient (Wildman–Crippen LogP) is 4.56. The number of carboxylic acids is 1. The van der Waals surface area contributed by atoms with Gasteiger partial charge in [-0.1, -0.05) is 75.2 Å². The Bertz CT molecular complexity index is 1030. The highest BCUT2D eigenvalue weighted by molar-refractivity contribution is 5.80. The van der Waals surface area contributed by atoms with Crippen molar-refractivity contribution in [2.24, 2.45) is 17.8 Å². The van der Waals surface area contributed by atoms with Crippen LogP contribution in [0.25, 0.3) is 11.1 Å². The lowest BCUT2D eigenvalue weighted by Crippen LogP contribution is -2.43. The Labute approximate surface area is 206 Å². The number of hydrogen-bond acceptors (Lipinski definition) is 4. The molecule has 2 aliphatic carbocycles. The van der Waals surface area contributed by atoms with Crippen molar-refractivity contribution in [2.45, 2.75) is 51.5 Å². The van der Waals surface area contributed by atoms with Gasteiger partial charge in [0.15, 0.2) is 0 Å². The van der Waals surface area contributed by atoms with E-state index in [4.69, 9.17) is 4.74 Å². The molecule has 2 aliphatic rings. The fourth-order valence-corrected chi connectivity index (χ4v) is 4.78. The van der Waals surface area contributed by atoms with E-state index in [2.05, 4.69) is 34.9 Å². The number of aliphatic carboxylic acids is 1. The molecule has 35 heavy (non-hydrogen) atoms. The second-order valence-electron chi connectivity index (χ2n) is 10.0. The van der Waals surface area contributed by atoms with E-state index < -0.39 is 24.0 Å². The molecule has 1 unspecified atom stereocenters. The molecule has 7 nitrogen and oxygen atoms in total. The Balaban J connectivity index is 1.30. The number of alkyl carbamates (subject to hydrolysis) is 1. The molecule has 0 aromatic heterocycles. The molecular weight excluding hydrogens is 444 g/mol. The predicted molar refractivity (Wildman–Crippen MR) is 133 cm³/mol. The molecule has 4 rings (SSSR count). The first-order chi connectivity index (χ1) is 16.8. The lowest BCUT2D eigenvalue weighted by molar-refractivity contribution is -0.142. The molecule has 2 amide bonds. The van der Waals surface area contributed by atoms with Gasteiger partial charge in [0, 0.05) is 24.9 Å². The molecule has 3 N–H and O–H groups in total. The van der Waals surface area contributed by atoms with Crippen LogP contribution in [0, 0.1) is 17.8 Å². The first-order valence-electron chi connectivity index (χ1n) is 12.4. The van der Waals surface area contributed by atoms with Crippen molar-refractivity contribution >= 4 is 18.0 Å². The summed E-state index contributed by atoms with van der Waals surface area (Å²) in [5, 5.41) is 15.0. The van der Waals surface area contributed by atoms with Crippen molar-refractivity contribution in [3.8, 4) is 11.1 Å². The normalized spacial score (nSPS) is 16.2. The van der Waals surface area contributed by atoms with Gasteiger partial charge >= 0.3 is 12.1 Å². The van der Waals surface area contributed by atoms with Gasteiger partial charge in [-0.15, -0.1) is 0 Å². The third-order valence-electron chi connectivity index (χ3n) is 7.07. The summed E-state index contributed by atoms with van der Waals surface area (Å²) in [7, 11) is 0. The monoisotopic (exact) mass is 478 g/mol. The highest BCUT2D eigenvalue weighted by Crippen LogP contribution is 2.44. The summed E-state index contributed by atoms with van der Waals surface area (Å²) in [6.45, 7) is 4.17. The average Bonchev–Trinajstić information content (AvgIpc) is 3.60. The summed E-state index contributed by atoms with van der Waals surface area (Å²) < 4.78 is 5.62. The van der Waals surface area contributed by atoms with Gasteiger partial charge < -0.3 is 20.5 Å². The molecule has 2 aromatic rings. The van der Waals surface area contributed by atoms with Crippen molar-refractivity contribution in [1.82, 2.24) is 10.6 Å². The molecule has 0 saturated heterocycles. The number of rotatable bonds is 11. The molecule has 1 fully saturated rings. The van der Waals surface area contributed by atoms with Crippen LogP contribution in [0.5, 0.6) is 0 Å². The number of hydrogen-bond donors (Lipinski definition) is 3. The highest BCUT2D eigenvalue weighted by Gasteiger charge is 2.31. The number of amides is 2. The second-order valence-corrected chi connectivity index (χ2v) is 10.0. The Morgan fingerprint density at radius 3 is 2.14 bits per heavy atom. The zero-order valence-corrected chi connectivity index (χ0v) is 20.3. The van der Waals surface area contributed by atoms with Crippen LogP contribution >= 0.6 is 0 Å². The fraction of sp³-hybridized carbons (Fsp3) is 0.464. The van der Waals surface area contributed by atoms with E-state index in [0.717, 1.165) is 35.1 Å². The zero-order chi connectivity index (χ0) is 24.9. The zero-order valence-electron chi connectivity index (χ0n) is 20.3. The molecule has 0 bridgehead atoms. The maximum Gasteiger partial charge on any atom is 0.407 e. The summed E-state index contributed by atoms with van der Waals surface area (Å²) in [4.78, 5) is 36.6. The number of nitrogens with one attached hydrogen (secondary N) is 2. The Morgan fingerprint density at radius 1 is 1.00 bits per heavy atom. The molecule has 0 radical (unpaired) electrons. The van der Waals surface area contributed by atoms with E-state index in [9.17, 15) is 19.5 Å². The standard InChI is InChI=1S/C28H34N2O5/c1-17(2)25(14-26(31)29-15-19(27(32)33)13-18-11-12-18)30-28(34)35-16-24-22-9-5-3-7-20(22)21-8-4-6-10-23(21)24/h3-10,17-19,24-25H,11-16H2,1-2H3,(H,29,31)(H,30,34)(H,32,33)/t19?,25-/m1/s1. The molecule has 0 spiro atoms. The number of ether oxygens (including phenoxy) is 1. The molecule has 2 aromatic carbocycles.